The lowest BCUT2D eigenvalue weighted by Crippen LogP contribution is -2.26. The van der Waals surface area contributed by atoms with Crippen LogP contribution in [-0.2, 0) is 6.54 Å². The maximum atomic E-state index is 5.54. The minimum Gasteiger partial charge on any atom is -0.496 e. The summed E-state index contributed by atoms with van der Waals surface area (Å²) in [6.45, 7) is 2.55. The van der Waals surface area contributed by atoms with Crippen LogP contribution < -0.4 is 19.7 Å². The lowest BCUT2D eigenvalue weighted by Gasteiger charge is -2.21. The molecule has 0 bridgehead atoms. The zero-order valence-electron chi connectivity index (χ0n) is 16.8. The molecule has 0 amide bonds. The van der Waals surface area contributed by atoms with Gasteiger partial charge >= 0.3 is 6.01 Å². The molecule has 1 aromatic heterocycles. The van der Waals surface area contributed by atoms with Crippen molar-refractivity contribution in [2.24, 2.45) is 0 Å². The number of aromatic nitrogens is 3. The Kier molecular flexibility index (Phi) is 5.78. The summed E-state index contributed by atoms with van der Waals surface area (Å²) < 4.78 is 10.9. The first-order chi connectivity index (χ1) is 13.8. The fraction of sp³-hybridized carbons (Fsp3) is 0.571. The predicted octanol–water partition coefficient (Wildman–Crippen LogP) is 3.76. The van der Waals surface area contributed by atoms with Crippen molar-refractivity contribution in [2.45, 2.75) is 51.0 Å². The summed E-state index contributed by atoms with van der Waals surface area (Å²) in [7, 11) is 3.30. The SMILES string of the molecule is COc1nc(NCc2cc(C3CC3)ccc2OC)nc(N2CCCCCC2)n1. The molecule has 1 aromatic carbocycles. The van der Waals surface area contributed by atoms with Gasteiger partial charge < -0.3 is 19.7 Å². The quantitative estimate of drug-likeness (QED) is 0.780. The molecular formula is C21H29N5O2. The van der Waals surface area contributed by atoms with Crippen molar-refractivity contribution in [2.75, 3.05) is 37.5 Å². The van der Waals surface area contributed by atoms with Crippen LogP contribution in [0.25, 0.3) is 0 Å². The summed E-state index contributed by atoms with van der Waals surface area (Å²) in [5.41, 5.74) is 2.50. The molecule has 1 N–H and O–H groups in total. The van der Waals surface area contributed by atoms with E-state index in [1.165, 1.54) is 44.1 Å². The van der Waals surface area contributed by atoms with Gasteiger partial charge in [-0.3, -0.25) is 0 Å². The number of nitrogens with one attached hydrogen (secondary N) is 1. The molecule has 1 aliphatic heterocycles. The van der Waals surface area contributed by atoms with Gasteiger partial charge in [-0.15, -0.1) is 0 Å². The Bertz CT molecular complexity index is 801. The highest BCUT2D eigenvalue weighted by atomic mass is 16.5. The molecule has 0 spiro atoms. The number of hydrogen-bond donors (Lipinski definition) is 1. The molecule has 7 nitrogen and oxygen atoms in total. The van der Waals surface area contributed by atoms with Gasteiger partial charge in [0.2, 0.25) is 11.9 Å². The summed E-state index contributed by atoms with van der Waals surface area (Å²) in [4.78, 5) is 15.7. The molecule has 2 fully saturated rings. The summed E-state index contributed by atoms with van der Waals surface area (Å²) in [6.07, 6.45) is 7.43. The summed E-state index contributed by atoms with van der Waals surface area (Å²) in [5, 5.41) is 3.34. The van der Waals surface area contributed by atoms with Gasteiger partial charge in [-0.2, -0.15) is 15.0 Å². The zero-order valence-corrected chi connectivity index (χ0v) is 16.8. The minimum atomic E-state index is 0.343. The molecule has 150 valence electrons. The molecule has 1 saturated heterocycles. The van der Waals surface area contributed by atoms with Crippen LogP contribution in [-0.4, -0.2) is 42.3 Å². The lowest BCUT2D eigenvalue weighted by atomic mass is 10.1. The average Bonchev–Trinajstić information content (AvgIpc) is 3.59. The minimum absolute atomic E-state index is 0.343. The maximum absolute atomic E-state index is 5.54. The second kappa shape index (κ2) is 8.63. The van der Waals surface area contributed by atoms with Gasteiger partial charge in [-0.1, -0.05) is 25.0 Å². The molecule has 4 rings (SSSR count). The number of benzene rings is 1. The van der Waals surface area contributed by atoms with Gasteiger partial charge in [-0.05, 0) is 43.2 Å². The molecule has 28 heavy (non-hydrogen) atoms. The monoisotopic (exact) mass is 383 g/mol. The summed E-state index contributed by atoms with van der Waals surface area (Å²) >= 11 is 0. The van der Waals surface area contributed by atoms with Crippen LogP contribution in [0.1, 0.15) is 55.6 Å². The second-order valence-corrected chi connectivity index (χ2v) is 7.55. The normalized spacial score (nSPS) is 17.1. The fourth-order valence-corrected chi connectivity index (χ4v) is 3.71. The van der Waals surface area contributed by atoms with E-state index in [-0.39, 0.29) is 0 Å². The summed E-state index contributed by atoms with van der Waals surface area (Å²) in [6, 6.07) is 6.80. The Hall–Kier alpha value is -2.57. The number of anilines is 2. The predicted molar refractivity (Wildman–Crippen MR) is 109 cm³/mol. The number of rotatable bonds is 7. The Labute approximate surface area is 166 Å². The highest BCUT2D eigenvalue weighted by molar-refractivity contribution is 5.43. The first kappa shape index (κ1) is 18.8. The smallest absolute Gasteiger partial charge is 0.322 e. The second-order valence-electron chi connectivity index (χ2n) is 7.55. The standard InChI is InChI=1S/C21H29N5O2/c1-27-18-10-9-16(15-7-8-15)13-17(18)14-22-19-23-20(25-21(24-19)28-2)26-11-5-3-4-6-12-26/h9-10,13,15H,3-8,11-12,14H2,1-2H3,(H,22,23,24,25). The largest absolute Gasteiger partial charge is 0.496 e. The van der Waals surface area contributed by atoms with E-state index < -0.39 is 0 Å². The molecular weight excluding hydrogens is 354 g/mol. The first-order valence-corrected chi connectivity index (χ1v) is 10.2. The van der Waals surface area contributed by atoms with E-state index >= 15 is 0 Å². The summed E-state index contributed by atoms with van der Waals surface area (Å²) in [5.74, 6) is 2.81. The Morgan fingerprint density at radius 1 is 1.00 bits per heavy atom. The number of ether oxygens (including phenoxy) is 2. The van der Waals surface area contributed by atoms with Crippen LogP contribution >= 0.6 is 0 Å². The highest BCUT2D eigenvalue weighted by Crippen LogP contribution is 2.41. The molecule has 7 heteroatoms. The van der Waals surface area contributed by atoms with Crippen LogP contribution in [0.3, 0.4) is 0 Å². The van der Waals surface area contributed by atoms with Crippen molar-refractivity contribution < 1.29 is 9.47 Å². The Morgan fingerprint density at radius 2 is 1.79 bits per heavy atom. The number of nitrogens with zero attached hydrogens (tertiary/aromatic N) is 4. The molecule has 2 aliphatic rings. The van der Waals surface area contributed by atoms with Gasteiger partial charge in [-0.25, -0.2) is 0 Å². The van der Waals surface area contributed by atoms with E-state index in [9.17, 15) is 0 Å². The van der Waals surface area contributed by atoms with Crippen molar-refractivity contribution in [1.82, 2.24) is 15.0 Å². The van der Waals surface area contributed by atoms with Crippen molar-refractivity contribution >= 4 is 11.9 Å². The van der Waals surface area contributed by atoms with Crippen molar-refractivity contribution in [3.05, 3.63) is 29.3 Å². The third kappa shape index (κ3) is 4.46. The third-order valence-electron chi connectivity index (χ3n) is 5.46. The van der Waals surface area contributed by atoms with Crippen LogP contribution in [0, 0.1) is 0 Å². The highest BCUT2D eigenvalue weighted by Gasteiger charge is 2.24. The van der Waals surface area contributed by atoms with Gasteiger partial charge in [0.1, 0.15) is 5.75 Å². The topological polar surface area (TPSA) is 72.4 Å². The van der Waals surface area contributed by atoms with E-state index in [1.807, 2.05) is 0 Å². The Morgan fingerprint density at radius 3 is 2.46 bits per heavy atom. The molecule has 2 aromatic rings. The number of methoxy groups -OCH3 is 2. The van der Waals surface area contributed by atoms with Crippen LogP contribution in [0.15, 0.2) is 18.2 Å². The van der Waals surface area contributed by atoms with Crippen molar-refractivity contribution in [3.8, 4) is 11.8 Å². The number of hydrogen-bond acceptors (Lipinski definition) is 7. The van der Waals surface area contributed by atoms with E-state index in [0.717, 1.165) is 24.4 Å². The Balaban J connectivity index is 1.52. The first-order valence-electron chi connectivity index (χ1n) is 10.2. The van der Waals surface area contributed by atoms with Gasteiger partial charge in [0.25, 0.3) is 0 Å². The van der Waals surface area contributed by atoms with E-state index in [0.29, 0.717) is 30.4 Å². The van der Waals surface area contributed by atoms with Gasteiger partial charge in [0, 0.05) is 25.2 Å². The molecule has 1 aliphatic carbocycles. The van der Waals surface area contributed by atoms with Crippen LogP contribution in [0.4, 0.5) is 11.9 Å². The fourth-order valence-electron chi connectivity index (χ4n) is 3.71. The molecule has 2 heterocycles. The third-order valence-corrected chi connectivity index (χ3v) is 5.46. The lowest BCUT2D eigenvalue weighted by molar-refractivity contribution is 0.378. The molecule has 0 radical (unpaired) electrons. The maximum Gasteiger partial charge on any atom is 0.322 e. The average molecular weight is 383 g/mol. The van der Waals surface area contributed by atoms with Gasteiger partial charge in [0.05, 0.1) is 14.2 Å². The van der Waals surface area contributed by atoms with Crippen LogP contribution in [0.2, 0.25) is 0 Å². The van der Waals surface area contributed by atoms with E-state index in [4.69, 9.17) is 9.47 Å². The van der Waals surface area contributed by atoms with E-state index in [1.54, 1.807) is 14.2 Å². The van der Waals surface area contributed by atoms with Crippen molar-refractivity contribution in [1.29, 1.82) is 0 Å². The molecule has 0 unspecified atom stereocenters. The van der Waals surface area contributed by atoms with Gasteiger partial charge in [0.15, 0.2) is 0 Å². The zero-order chi connectivity index (χ0) is 19.3. The molecule has 0 atom stereocenters. The van der Waals surface area contributed by atoms with Crippen molar-refractivity contribution in [3.63, 3.8) is 0 Å². The van der Waals surface area contributed by atoms with Crippen LogP contribution in [0.5, 0.6) is 11.8 Å². The van der Waals surface area contributed by atoms with E-state index in [2.05, 4.69) is 43.4 Å². The molecule has 1 saturated carbocycles.